The number of hydrogen-bond donors (Lipinski definition) is 1. The van der Waals surface area contributed by atoms with Gasteiger partial charge in [-0.2, -0.15) is 0 Å². The zero-order valence-electron chi connectivity index (χ0n) is 9.91. The van der Waals surface area contributed by atoms with Crippen LogP contribution in [-0.2, 0) is 12.8 Å². The minimum atomic E-state index is 0.625. The van der Waals surface area contributed by atoms with Crippen LogP contribution in [0.25, 0.3) is 0 Å². The normalized spacial score (nSPS) is 10.6. The molecule has 0 bridgehead atoms. The third kappa shape index (κ3) is 3.67. The zero-order valence-corrected chi connectivity index (χ0v) is 13.1. The Kier molecular flexibility index (Phi) is 4.97. The molecule has 0 fully saturated rings. The van der Waals surface area contributed by atoms with E-state index in [1.165, 1.54) is 4.88 Å². The predicted molar refractivity (Wildman–Crippen MR) is 80.6 cm³/mol. The lowest BCUT2D eigenvalue weighted by atomic mass is 10.4. The lowest BCUT2D eigenvalue weighted by Gasteiger charge is -2.06. The van der Waals surface area contributed by atoms with E-state index in [1.807, 2.05) is 12.3 Å². The van der Waals surface area contributed by atoms with Crippen molar-refractivity contribution in [2.75, 3.05) is 11.9 Å². The third-order valence-electron chi connectivity index (χ3n) is 2.39. The molecular formula is C12H13BrClN3S. The number of halogens is 2. The van der Waals surface area contributed by atoms with Crippen molar-refractivity contribution in [1.82, 2.24) is 9.97 Å². The Bertz CT molecular complexity index is 530. The number of rotatable bonds is 5. The van der Waals surface area contributed by atoms with Crippen LogP contribution in [0.1, 0.15) is 16.8 Å². The topological polar surface area (TPSA) is 37.8 Å². The Morgan fingerprint density at radius 2 is 2.22 bits per heavy atom. The molecule has 0 aliphatic carbocycles. The van der Waals surface area contributed by atoms with Gasteiger partial charge in [0.25, 0.3) is 0 Å². The van der Waals surface area contributed by atoms with Crippen LogP contribution in [0.2, 0.25) is 5.02 Å². The lowest BCUT2D eigenvalue weighted by molar-refractivity contribution is 0.984. The highest BCUT2D eigenvalue weighted by Gasteiger charge is 2.03. The second kappa shape index (κ2) is 6.50. The Balaban J connectivity index is 1.88. The molecule has 2 heterocycles. The summed E-state index contributed by atoms with van der Waals surface area (Å²) in [5, 5.41) is 5.05. The Morgan fingerprint density at radius 1 is 1.39 bits per heavy atom. The van der Waals surface area contributed by atoms with Gasteiger partial charge >= 0.3 is 0 Å². The molecule has 0 saturated carbocycles. The van der Waals surface area contributed by atoms with Gasteiger partial charge in [-0.1, -0.05) is 18.5 Å². The van der Waals surface area contributed by atoms with Gasteiger partial charge in [0, 0.05) is 30.2 Å². The average molecular weight is 347 g/mol. The van der Waals surface area contributed by atoms with E-state index in [4.69, 9.17) is 11.6 Å². The van der Waals surface area contributed by atoms with E-state index < -0.39 is 0 Å². The summed E-state index contributed by atoms with van der Waals surface area (Å²) in [5.41, 5.74) is 0. The Morgan fingerprint density at radius 3 is 2.89 bits per heavy atom. The van der Waals surface area contributed by atoms with Gasteiger partial charge < -0.3 is 5.32 Å². The molecule has 0 radical (unpaired) electrons. The first kappa shape index (κ1) is 13.8. The minimum absolute atomic E-state index is 0.625. The summed E-state index contributed by atoms with van der Waals surface area (Å²) in [6.45, 7) is 2.95. The molecule has 0 aliphatic heterocycles. The van der Waals surface area contributed by atoms with E-state index in [9.17, 15) is 0 Å². The fourth-order valence-electron chi connectivity index (χ4n) is 1.46. The van der Waals surface area contributed by atoms with E-state index in [0.29, 0.717) is 5.02 Å². The average Bonchev–Trinajstić information content (AvgIpc) is 2.80. The molecule has 0 amide bonds. The standard InChI is InChI=1S/C12H13BrClN3S/c1-2-9-7-16-11(18-9)3-4-15-12-10(13)5-8(14)6-17-12/h5-7H,2-4H2,1H3,(H,15,17). The van der Waals surface area contributed by atoms with Crippen molar-refractivity contribution in [3.63, 3.8) is 0 Å². The monoisotopic (exact) mass is 345 g/mol. The van der Waals surface area contributed by atoms with E-state index in [-0.39, 0.29) is 0 Å². The van der Waals surface area contributed by atoms with Gasteiger partial charge in [0.05, 0.1) is 14.5 Å². The number of anilines is 1. The maximum Gasteiger partial charge on any atom is 0.140 e. The van der Waals surface area contributed by atoms with Crippen molar-refractivity contribution < 1.29 is 0 Å². The zero-order chi connectivity index (χ0) is 13.0. The third-order valence-corrected chi connectivity index (χ3v) is 4.40. The van der Waals surface area contributed by atoms with Gasteiger partial charge in [-0.15, -0.1) is 11.3 Å². The fourth-order valence-corrected chi connectivity index (χ4v) is 3.10. The van der Waals surface area contributed by atoms with Gasteiger partial charge in [-0.3, -0.25) is 0 Å². The maximum absolute atomic E-state index is 5.84. The molecule has 2 rings (SSSR count). The highest BCUT2D eigenvalue weighted by Crippen LogP contribution is 2.23. The van der Waals surface area contributed by atoms with Crippen molar-refractivity contribution in [1.29, 1.82) is 0 Å². The van der Waals surface area contributed by atoms with Crippen LogP contribution in [0.5, 0.6) is 0 Å². The van der Waals surface area contributed by atoms with Crippen LogP contribution in [-0.4, -0.2) is 16.5 Å². The largest absolute Gasteiger partial charge is 0.369 e. The molecule has 96 valence electrons. The van der Waals surface area contributed by atoms with E-state index in [2.05, 4.69) is 38.1 Å². The van der Waals surface area contributed by atoms with Gasteiger partial charge in [-0.25, -0.2) is 9.97 Å². The Hall–Kier alpha value is -0.650. The molecule has 0 aliphatic rings. The highest BCUT2D eigenvalue weighted by atomic mass is 79.9. The molecule has 0 saturated heterocycles. The SMILES string of the molecule is CCc1cnc(CCNc2ncc(Cl)cc2Br)s1. The van der Waals surface area contributed by atoms with Crippen molar-refractivity contribution in [2.45, 2.75) is 19.8 Å². The molecule has 0 unspecified atom stereocenters. The van der Waals surface area contributed by atoms with E-state index in [0.717, 1.165) is 34.7 Å². The second-order valence-electron chi connectivity index (χ2n) is 3.73. The molecule has 0 spiro atoms. The molecule has 0 aromatic carbocycles. The van der Waals surface area contributed by atoms with Gasteiger partial charge in [0.2, 0.25) is 0 Å². The number of nitrogens with zero attached hydrogens (tertiary/aromatic N) is 2. The predicted octanol–water partition coefficient (Wildman–Crippen LogP) is 4.17. The quantitative estimate of drug-likeness (QED) is 0.883. The van der Waals surface area contributed by atoms with Crippen LogP contribution in [0, 0.1) is 0 Å². The van der Waals surface area contributed by atoms with Gasteiger partial charge in [0.1, 0.15) is 5.82 Å². The number of aromatic nitrogens is 2. The van der Waals surface area contributed by atoms with Crippen molar-refractivity contribution in [3.8, 4) is 0 Å². The molecule has 2 aromatic rings. The van der Waals surface area contributed by atoms with Crippen molar-refractivity contribution >= 4 is 44.7 Å². The van der Waals surface area contributed by atoms with Crippen LogP contribution < -0.4 is 5.32 Å². The summed E-state index contributed by atoms with van der Waals surface area (Å²) in [6, 6.07) is 1.83. The summed E-state index contributed by atoms with van der Waals surface area (Å²) in [4.78, 5) is 9.93. The first-order valence-corrected chi connectivity index (χ1v) is 7.66. The minimum Gasteiger partial charge on any atom is -0.369 e. The number of hydrogen-bond acceptors (Lipinski definition) is 4. The molecule has 2 aromatic heterocycles. The van der Waals surface area contributed by atoms with Crippen LogP contribution in [0.4, 0.5) is 5.82 Å². The summed E-state index contributed by atoms with van der Waals surface area (Å²) < 4.78 is 0.878. The fraction of sp³-hybridized carbons (Fsp3) is 0.333. The Labute approximate surface area is 124 Å². The van der Waals surface area contributed by atoms with Gasteiger partial charge in [0.15, 0.2) is 0 Å². The summed E-state index contributed by atoms with van der Waals surface area (Å²) in [6.07, 6.45) is 5.54. The number of thiazole rings is 1. The maximum atomic E-state index is 5.84. The van der Waals surface area contributed by atoms with Crippen molar-refractivity contribution in [2.24, 2.45) is 0 Å². The second-order valence-corrected chi connectivity index (χ2v) is 6.23. The molecule has 3 nitrogen and oxygen atoms in total. The summed E-state index contributed by atoms with van der Waals surface area (Å²) in [7, 11) is 0. The first-order chi connectivity index (χ1) is 8.69. The van der Waals surface area contributed by atoms with Crippen LogP contribution >= 0.6 is 38.9 Å². The highest BCUT2D eigenvalue weighted by molar-refractivity contribution is 9.10. The smallest absolute Gasteiger partial charge is 0.140 e. The van der Waals surface area contributed by atoms with Gasteiger partial charge in [-0.05, 0) is 28.4 Å². The molecule has 0 atom stereocenters. The van der Waals surface area contributed by atoms with Crippen LogP contribution in [0.15, 0.2) is 22.9 Å². The molecule has 6 heteroatoms. The summed E-state index contributed by atoms with van der Waals surface area (Å²) in [5.74, 6) is 0.812. The molecule has 18 heavy (non-hydrogen) atoms. The lowest BCUT2D eigenvalue weighted by Crippen LogP contribution is -2.06. The van der Waals surface area contributed by atoms with E-state index >= 15 is 0 Å². The van der Waals surface area contributed by atoms with Crippen molar-refractivity contribution in [3.05, 3.63) is 37.8 Å². The number of aryl methyl sites for hydroxylation is 1. The number of pyridine rings is 1. The number of nitrogens with one attached hydrogen (secondary N) is 1. The van der Waals surface area contributed by atoms with E-state index in [1.54, 1.807) is 17.5 Å². The first-order valence-electron chi connectivity index (χ1n) is 5.67. The summed E-state index contributed by atoms with van der Waals surface area (Å²) >= 11 is 11.0. The molecular weight excluding hydrogens is 334 g/mol. The molecule has 1 N–H and O–H groups in total. The van der Waals surface area contributed by atoms with Crippen LogP contribution in [0.3, 0.4) is 0 Å².